The van der Waals surface area contributed by atoms with Crippen LogP contribution in [0, 0.1) is 5.82 Å². The standard InChI is InChI=1S/C37H32FN7O3/c38-31-19-25(23-46)6-9-26(31)21-34(47)41-22-24-7-10-28(11-8-24)45-36(30-5-2-14-40-35(30)39)43-33-13-12-32(42-37(33)45)27-3-1-4-29(20-27)44-15-17-48-18-16-44/h1-14,19-20,23H,15-18,21-22H2,(H2,39,40)(H,41,47). The highest BCUT2D eigenvalue weighted by Crippen LogP contribution is 2.32. The molecule has 0 unspecified atom stereocenters. The number of halogens is 1. The summed E-state index contributed by atoms with van der Waals surface area (Å²) < 4.78 is 21.8. The first-order chi connectivity index (χ1) is 23.5. The second-order valence-corrected chi connectivity index (χ2v) is 11.5. The van der Waals surface area contributed by atoms with Crippen molar-refractivity contribution >= 4 is 34.9 Å². The van der Waals surface area contributed by atoms with E-state index in [1.54, 1.807) is 6.20 Å². The Morgan fingerprint density at radius 1 is 0.938 bits per heavy atom. The lowest BCUT2D eigenvalue weighted by molar-refractivity contribution is -0.120. The Morgan fingerprint density at radius 3 is 2.54 bits per heavy atom. The van der Waals surface area contributed by atoms with Gasteiger partial charge in [0, 0.05) is 48.3 Å². The number of carbonyl (C=O) groups excluding carboxylic acids is 2. The number of carbonyl (C=O) groups is 2. The minimum Gasteiger partial charge on any atom is -0.383 e. The number of nitrogens with one attached hydrogen (secondary N) is 1. The highest BCUT2D eigenvalue weighted by molar-refractivity contribution is 5.85. The molecule has 1 fully saturated rings. The Hall–Kier alpha value is -5.94. The molecule has 3 N–H and O–H groups in total. The molecule has 7 rings (SSSR count). The summed E-state index contributed by atoms with van der Waals surface area (Å²) in [6, 6.07) is 27.8. The van der Waals surface area contributed by atoms with E-state index in [-0.39, 0.29) is 30.0 Å². The third-order valence-electron chi connectivity index (χ3n) is 8.35. The fourth-order valence-electron chi connectivity index (χ4n) is 5.81. The van der Waals surface area contributed by atoms with E-state index in [1.807, 2.05) is 59.2 Å². The van der Waals surface area contributed by atoms with Crippen molar-refractivity contribution in [3.8, 4) is 28.3 Å². The highest BCUT2D eigenvalue weighted by Gasteiger charge is 2.19. The van der Waals surface area contributed by atoms with Crippen molar-refractivity contribution in [2.24, 2.45) is 0 Å². The predicted octanol–water partition coefficient (Wildman–Crippen LogP) is 5.38. The average Bonchev–Trinajstić information content (AvgIpc) is 3.51. The average molecular weight is 642 g/mol. The van der Waals surface area contributed by atoms with Gasteiger partial charge in [0.1, 0.15) is 23.4 Å². The van der Waals surface area contributed by atoms with Crippen LogP contribution in [0.25, 0.3) is 39.5 Å². The molecular weight excluding hydrogens is 609 g/mol. The number of hydrogen-bond donors (Lipinski definition) is 2. The van der Waals surface area contributed by atoms with Crippen LogP contribution in [0.4, 0.5) is 15.9 Å². The first-order valence-electron chi connectivity index (χ1n) is 15.6. The topological polar surface area (TPSA) is 128 Å². The number of nitrogen functional groups attached to an aromatic ring is 1. The number of pyridine rings is 2. The molecule has 6 aromatic rings. The molecule has 11 heteroatoms. The van der Waals surface area contributed by atoms with Crippen molar-refractivity contribution in [2.45, 2.75) is 13.0 Å². The molecule has 0 radical (unpaired) electrons. The summed E-state index contributed by atoms with van der Waals surface area (Å²) in [5, 5.41) is 2.84. The Kier molecular flexibility index (Phi) is 8.59. The van der Waals surface area contributed by atoms with Crippen molar-refractivity contribution in [2.75, 3.05) is 36.9 Å². The van der Waals surface area contributed by atoms with E-state index in [1.165, 1.54) is 12.1 Å². The molecule has 3 aromatic heterocycles. The van der Waals surface area contributed by atoms with Crippen LogP contribution in [0.3, 0.4) is 0 Å². The van der Waals surface area contributed by atoms with Crippen LogP contribution in [-0.2, 0) is 22.5 Å². The molecule has 1 aliphatic heterocycles. The molecule has 0 spiro atoms. The number of amides is 1. The van der Waals surface area contributed by atoms with E-state index in [4.69, 9.17) is 20.4 Å². The molecule has 0 saturated carbocycles. The summed E-state index contributed by atoms with van der Waals surface area (Å²) in [5.74, 6) is 0.0366. The van der Waals surface area contributed by atoms with Crippen molar-refractivity contribution in [1.82, 2.24) is 24.8 Å². The molecule has 4 heterocycles. The zero-order valence-electron chi connectivity index (χ0n) is 26.0. The van der Waals surface area contributed by atoms with Crippen LogP contribution in [0.2, 0.25) is 0 Å². The number of anilines is 2. The van der Waals surface area contributed by atoms with Gasteiger partial charge < -0.3 is 20.7 Å². The second-order valence-electron chi connectivity index (χ2n) is 11.5. The number of rotatable bonds is 9. The summed E-state index contributed by atoms with van der Waals surface area (Å²) >= 11 is 0. The molecule has 1 saturated heterocycles. The molecule has 1 aliphatic rings. The van der Waals surface area contributed by atoms with Crippen molar-refractivity contribution < 1.29 is 18.7 Å². The van der Waals surface area contributed by atoms with Gasteiger partial charge >= 0.3 is 0 Å². The number of imidazole rings is 1. The minimum atomic E-state index is -0.585. The van der Waals surface area contributed by atoms with E-state index in [2.05, 4.69) is 33.4 Å². The van der Waals surface area contributed by atoms with Crippen LogP contribution >= 0.6 is 0 Å². The fraction of sp³-hybridized carbons (Fsp3) is 0.162. The van der Waals surface area contributed by atoms with Crippen molar-refractivity contribution in [3.63, 3.8) is 0 Å². The van der Waals surface area contributed by atoms with E-state index in [0.29, 0.717) is 47.9 Å². The van der Waals surface area contributed by atoms with Crippen molar-refractivity contribution in [1.29, 1.82) is 0 Å². The number of nitrogens with zero attached hydrogens (tertiary/aromatic N) is 5. The van der Waals surface area contributed by atoms with Gasteiger partial charge in [-0.3, -0.25) is 14.2 Å². The van der Waals surface area contributed by atoms with Gasteiger partial charge in [-0.15, -0.1) is 0 Å². The molecule has 0 atom stereocenters. The minimum absolute atomic E-state index is 0.136. The smallest absolute Gasteiger partial charge is 0.224 e. The zero-order valence-corrected chi connectivity index (χ0v) is 26.0. The number of fused-ring (bicyclic) bond motifs is 1. The van der Waals surface area contributed by atoms with Crippen LogP contribution in [0.15, 0.2) is 97.2 Å². The van der Waals surface area contributed by atoms with Crippen LogP contribution in [0.1, 0.15) is 21.5 Å². The first-order valence-corrected chi connectivity index (χ1v) is 15.6. The number of ether oxygens (including phenoxy) is 1. The van der Waals surface area contributed by atoms with Gasteiger partial charge in [0.2, 0.25) is 5.91 Å². The lowest BCUT2D eigenvalue weighted by atomic mass is 10.1. The zero-order chi connectivity index (χ0) is 33.0. The van der Waals surface area contributed by atoms with Gasteiger partial charge in [-0.25, -0.2) is 19.3 Å². The molecule has 0 bridgehead atoms. The van der Waals surface area contributed by atoms with Gasteiger partial charge in [-0.2, -0.15) is 0 Å². The van der Waals surface area contributed by atoms with Gasteiger partial charge in [0.15, 0.2) is 11.5 Å². The SMILES string of the molecule is Nc1ncccc1-c1nc2ccc(-c3cccc(N4CCOCC4)c3)nc2n1-c1ccc(CNC(=O)Cc2ccc(C=O)cc2F)cc1. The Balaban J connectivity index is 1.19. The molecule has 48 heavy (non-hydrogen) atoms. The monoisotopic (exact) mass is 641 g/mol. The number of nitrogens with two attached hydrogens (primary N) is 1. The lowest BCUT2D eigenvalue weighted by Gasteiger charge is -2.29. The lowest BCUT2D eigenvalue weighted by Crippen LogP contribution is -2.36. The van der Waals surface area contributed by atoms with E-state index >= 15 is 0 Å². The van der Waals surface area contributed by atoms with Crippen molar-refractivity contribution in [3.05, 3.63) is 120 Å². The van der Waals surface area contributed by atoms with Gasteiger partial charge in [-0.1, -0.05) is 36.4 Å². The molecule has 240 valence electrons. The Bertz CT molecular complexity index is 2120. The summed E-state index contributed by atoms with van der Waals surface area (Å²) in [5.41, 5.74) is 13.4. The molecule has 10 nitrogen and oxygen atoms in total. The first kappa shape index (κ1) is 30.7. The maximum absolute atomic E-state index is 14.3. The summed E-state index contributed by atoms with van der Waals surface area (Å²) in [4.78, 5) is 40.1. The largest absolute Gasteiger partial charge is 0.383 e. The van der Waals surface area contributed by atoms with Crippen LogP contribution in [0.5, 0.6) is 0 Å². The van der Waals surface area contributed by atoms with Gasteiger partial charge in [-0.05, 0) is 65.7 Å². The second kappa shape index (κ2) is 13.4. The molecule has 3 aromatic carbocycles. The molecule has 0 aliphatic carbocycles. The summed E-state index contributed by atoms with van der Waals surface area (Å²) in [6.45, 7) is 3.34. The van der Waals surface area contributed by atoms with E-state index in [0.717, 1.165) is 47.4 Å². The summed E-state index contributed by atoms with van der Waals surface area (Å²) in [7, 11) is 0. The Morgan fingerprint density at radius 2 is 1.77 bits per heavy atom. The highest BCUT2D eigenvalue weighted by atomic mass is 19.1. The van der Waals surface area contributed by atoms with Crippen LogP contribution in [-0.4, -0.2) is 58.0 Å². The normalized spacial score (nSPS) is 13.1. The maximum atomic E-state index is 14.3. The number of aromatic nitrogens is 4. The fourth-order valence-corrected chi connectivity index (χ4v) is 5.81. The van der Waals surface area contributed by atoms with Gasteiger partial charge in [0.05, 0.1) is 30.9 Å². The summed E-state index contributed by atoms with van der Waals surface area (Å²) in [6.07, 6.45) is 2.07. The van der Waals surface area contributed by atoms with Gasteiger partial charge in [0.25, 0.3) is 0 Å². The number of hydrogen-bond acceptors (Lipinski definition) is 8. The number of benzene rings is 3. The maximum Gasteiger partial charge on any atom is 0.224 e. The van der Waals surface area contributed by atoms with E-state index < -0.39 is 5.82 Å². The number of aldehydes is 1. The Labute approximate surface area is 276 Å². The third kappa shape index (κ3) is 6.36. The number of morpholine rings is 1. The quantitative estimate of drug-likeness (QED) is 0.202. The third-order valence-corrected chi connectivity index (χ3v) is 8.35. The molecule has 1 amide bonds. The van der Waals surface area contributed by atoms with E-state index in [9.17, 15) is 14.0 Å². The molecular formula is C37H32FN7O3. The van der Waals surface area contributed by atoms with Crippen LogP contribution < -0.4 is 16.0 Å². The predicted molar refractivity (Wildman–Crippen MR) is 182 cm³/mol.